The minimum Gasteiger partial charge on any atom is -0.326 e. The average Bonchev–Trinajstić information content (AvgIpc) is 2.37. The van der Waals surface area contributed by atoms with Crippen molar-refractivity contribution >= 4 is 11.6 Å². The van der Waals surface area contributed by atoms with E-state index < -0.39 is 0 Å². The first-order chi connectivity index (χ1) is 9.29. The molecular weight excluding hydrogens is 254 g/mol. The minimum atomic E-state index is 0.489. The molecular formula is C17H18ClN. The van der Waals surface area contributed by atoms with E-state index >= 15 is 0 Å². The van der Waals surface area contributed by atoms with Crippen molar-refractivity contribution in [2.24, 2.45) is 5.73 Å². The normalized spacial score (nSPS) is 15.3. The Labute approximate surface area is 119 Å². The van der Waals surface area contributed by atoms with Crippen molar-refractivity contribution in [3.63, 3.8) is 0 Å². The molecule has 2 heteroatoms. The van der Waals surface area contributed by atoms with Gasteiger partial charge in [-0.2, -0.15) is 0 Å². The zero-order chi connectivity index (χ0) is 13.2. The number of nitrogens with two attached hydrogens (primary N) is 1. The first-order valence-corrected chi connectivity index (χ1v) is 7.25. The van der Waals surface area contributed by atoms with Gasteiger partial charge in [-0.3, -0.25) is 0 Å². The standard InChI is InChI=1S/C17H18ClN/c18-17-10-13(8-9-14(17)11-19)16-7-2-1-6-15(16)12-4-3-5-12/h1-2,6-10,12H,3-5,11,19H2. The fraction of sp³-hybridized carbons (Fsp3) is 0.294. The third kappa shape index (κ3) is 2.41. The smallest absolute Gasteiger partial charge is 0.0457 e. The molecule has 0 unspecified atom stereocenters. The molecule has 3 rings (SSSR count). The Balaban J connectivity index is 2.04. The van der Waals surface area contributed by atoms with E-state index in [1.54, 1.807) is 0 Å². The lowest BCUT2D eigenvalue weighted by atomic mass is 9.77. The Bertz CT molecular complexity index is 588. The largest absolute Gasteiger partial charge is 0.326 e. The summed E-state index contributed by atoms with van der Waals surface area (Å²) in [5, 5.41) is 0.767. The van der Waals surface area contributed by atoms with Gasteiger partial charge in [-0.1, -0.05) is 54.4 Å². The van der Waals surface area contributed by atoms with Gasteiger partial charge in [0.25, 0.3) is 0 Å². The van der Waals surface area contributed by atoms with Crippen LogP contribution in [0.15, 0.2) is 42.5 Å². The summed E-state index contributed by atoms with van der Waals surface area (Å²) in [5.74, 6) is 0.726. The zero-order valence-electron chi connectivity index (χ0n) is 10.9. The predicted octanol–water partition coefficient (Wildman–Crippen LogP) is 4.73. The van der Waals surface area contributed by atoms with E-state index in [1.165, 1.54) is 36.0 Å². The Hall–Kier alpha value is -1.31. The Morgan fingerprint density at radius 2 is 1.89 bits per heavy atom. The van der Waals surface area contributed by atoms with Crippen molar-refractivity contribution in [1.29, 1.82) is 0 Å². The van der Waals surface area contributed by atoms with Gasteiger partial charge in [0.15, 0.2) is 0 Å². The molecule has 0 aliphatic heterocycles. The van der Waals surface area contributed by atoms with Gasteiger partial charge >= 0.3 is 0 Å². The van der Waals surface area contributed by atoms with Crippen LogP contribution in [0.1, 0.15) is 36.3 Å². The highest BCUT2D eigenvalue weighted by atomic mass is 35.5. The van der Waals surface area contributed by atoms with E-state index in [9.17, 15) is 0 Å². The van der Waals surface area contributed by atoms with Crippen LogP contribution in [0, 0.1) is 0 Å². The van der Waals surface area contributed by atoms with Crippen molar-refractivity contribution in [2.75, 3.05) is 0 Å². The maximum Gasteiger partial charge on any atom is 0.0457 e. The van der Waals surface area contributed by atoms with Crippen LogP contribution in [-0.4, -0.2) is 0 Å². The van der Waals surface area contributed by atoms with Crippen LogP contribution in [0.2, 0.25) is 5.02 Å². The Morgan fingerprint density at radius 1 is 1.11 bits per heavy atom. The van der Waals surface area contributed by atoms with Gasteiger partial charge in [-0.25, -0.2) is 0 Å². The van der Waals surface area contributed by atoms with Gasteiger partial charge in [0.1, 0.15) is 0 Å². The summed E-state index contributed by atoms with van der Waals surface area (Å²) in [6.07, 6.45) is 3.98. The molecule has 1 saturated carbocycles. The van der Waals surface area contributed by atoms with Crippen LogP contribution >= 0.6 is 11.6 Å². The van der Waals surface area contributed by atoms with E-state index in [0.29, 0.717) is 6.54 Å². The third-order valence-corrected chi connectivity index (χ3v) is 4.44. The molecule has 0 aromatic heterocycles. The maximum absolute atomic E-state index is 6.28. The molecule has 2 aromatic rings. The molecule has 0 bridgehead atoms. The summed E-state index contributed by atoms with van der Waals surface area (Å²) in [5.41, 5.74) is 10.6. The lowest BCUT2D eigenvalue weighted by molar-refractivity contribution is 0.420. The molecule has 0 amide bonds. The molecule has 19 heavy (non-hydrogen) atoms. The van der Waals surface area contributed by atoms with Crippen LogP contribution in [-0.2, 0) is 6.54 Å². The summed E-state index contributed by atoms with van der Waals surface area (Å²) < 4.78 is 0. The van der Waals surface area contributed by atoms with Gasteiger partial charge in [0.2, 0.25) is 0 Å². The van der Waals surface area contributed by atoms with Crippen molar-refractivity contribution in [3.05, 3.63) is 58.6 Å². The van der Waals surface area contributed by atoms with Gasteiger partial charge in [0.05, 0.1) is 0 Å². The quantitative estimate of drug-likeness (QED) is 0.858. The lowest BCUT2D eigenvalue weighted by Crippen LogP contribution is -2.09. The molecule has 2 N–H and O–H groups in total. The highest BCUT2D eigenvalue weighted by Gasteiger charge is 2.22. The Kier molecular flexibility index (Phi) is 3.58. The minimum absolute atomic E-state index is 0.489. The molecule has 1 aliphatic carbocycles. The third-order valence-electron chi connectivity index (χ3n) is 4.09. The van der Waals surface area contributed by atoms with Crippen LogP contribution in [0.25, 0.3) is 11.1 Å². The van der Waals surface area contributed by atoms with Crippen molar-refractivity contribution < 1.29 is 0 Å². The zero-order valence-corrected chi connectivity index (χ0v) is 11.7. The molecule has 0 atom stereocenters. The fourth-order valence-corrected chi connectivity index (χ4v) is 2.97. The van der Waals surface area contributed by atoms with Crippen LogP contribution < -0.4 is 5.73 Å². The summed E-state index contributed by atoms with van der Waals surface area (Å²) in [6, 6.07) is 14.9. The van der Waals surface area contributed by atoms with E-state index in [2.05, 4.69) is 30.3 Å². The molecule has 98 valence electrons. The molecule has 0 spiro atoms. The number of hydrogen-bond acceptors (Lipinski definition) is 1. The van der Waals surface area contributed by atoms with Crippen molar-refractivity contribution in [1.82, 2.24) is 0 Å². The Morgan fingerprint density at radius 3 is 2.53 bits per heavy atom. The summed E-state index contributed by atoms with van der Waals surface area (Å²) in [4.78, 5) is 0. The topological polar surface area (TPSA) is 26.0 Å². The van der Waals surface area contributed by atoms with Crippen molar-refractivity contribution in [3.8, 4) is 11.1 Å². The number of rotatable bonds is 3. The van der Waals surface area contributed by atoms with Gasteiger partial charge in [0, 0.05) is 11.6 Å². The lowest BCUT2D eigenvalue weighted by Gasteiger charge is -2.28. The predicted molar refractivity (Wildman–Crippen MR) is 81.4 cm³/mol. The second-order valence-electron chi connectivity index (χ2n) is 5.23. The van der Waals surface area contributed by atoms with E-state index in [-0.39, 0.29) is 0 Å². The second kappa shape index (κ2) is 5.36. The first-order valence-electron chi connectivity index (χ1n) is 6.87. The monoisotopic (exact) mass is 271 g/mol. The summed E-state index contributed by atoms with van der Waals surface area (Å²) in [7, 11) is 0. The molecule has 1 fully saturated rings. The maximum atomic E-state index is 6.28. The molecule has 0 saturated heterocycles. The van der Waals surface area contributed by atoms with Gasteiger partial charge in [-0.15, -0.1) is 0 Å². The highest BCUT2D eigenvalue weighted by Crippen LogP contribution is 2.41. The first kappa shape index (κ1) is 12.7. The SMILES string of the molecule is NCc1ccc(-c2ccccc2C2CCC2)cc1Cl. The molecule has 1 aliphatic rings. The fourth-order valence-electron chi connectivity index (χ4n) is 2.72. The molecule has 2 aromatic carbocycles. The average molecular weight is 272 g/mol. The van der Waals surface area contributed by atoms with Gasteiger partial charge in [-0.05, 0) is 47.1 Å². The summed E-state index contributed by atoms with van der Waals surface area (Å²) in [6.45, 7) is 0.489. The van der Waals surface area contributed by atoms with Crippen LogP contribution in [0.3, 0.4) is 0 Å². The van der Waals surface area contributed by atoms with Crippen LogP contribution in [0.5, 0.6) is 0 Å². The number of benzene rings is 2. The van der Waals surface area contributed by atoms with Gasteiger partial charge < -0.3 is 5.73 Å². The number of hydrogen-bond donors (Lipinski definition) is 1. The summed E-state index contributed by atoms with van der Waals surface area (Å²) >= 11 is 6.28. The van der Waals surface area contributed by atoms with E-state index in [0.717, 1.165) is 16.5 Å². The van der Waals surface area contributed by atoms with E-state index in [1.807, 2.05) is 12.1 Å². The van der Waals surface area contributed by atoms with E-state index in [4.69, 9.17) is 17.3 Å². The molecule has 0 heterocycles. The molecule has 0 radical (unpaired) electrons. The second-order valence-corrected chi connectivity index (χ2v) is 5.63. The number of halogens is 1. The molecule has 1 nitrogen and oxygen atoms in total. The highest BCUT2D eigenvalue weighted by molar-refractivity contribution is 6.31. The van der Waals surface area contributed by atoms with Crippen molar-refractivity contribution in [2.45, 2.75) is 31.7 Å². The van der Waals surface area contributed by atoms with Crippen LogP contribution in [0.4, 0.5) is 0 Å².